The second-order valence-corrected chi connectivity index (χ2v) is 5.67. The van der Waals surface area contributed by atoms with Gasteiger partial charge >= 0.3 is 6.09 Å². The third kappa shape index (κ3) is 7.31. The Kier molecular flexibility index (Phi) is 6.17. The van der Waals surface area contributed by atoms with Gasteiger partial charge in [-0.15, -0.1) is 0 Å². The molecule has 0 aliphatic rings. The topological polar surface area (TPSA) is 79.5 Å². The molecule has 3 N–H and O–H groups in total. The molecule has 0 atom stereocenters. The van der Waals surface area contributed by atoms with Crippen molar-refractivity contribution in [1.29, 1.82) is 0 Å². The maximum absolute atomic E-state index is 11.8. The third-order valence-electron chi connectivity index (χ3n) is 2.61. The smallest absolute Gasteiger partial charge is 0.411 e. The van der Waals surface area contributed by atoms with Gasteiger partial charge in [-0.3, -0.25) is 10.1 Å². The highest BCUT2D eigenvalue weighted by atomic mass is 16.5. The molecule has 1 aromatic rings. The zero-order chi connectivity index (χ0) is 15.9. The van der Waals surface area contributed by atoms with Crippen molar-refractivity contribution >= 4 is 23.4 Å². The van der Waals surface area contributed by atoms with Crippen LogP contribution in [0.15, 0.2) is 24.3 Å². The number of hydrogen-bond donors (Lipinski definition) is 3. The van der Waals surface area contributed by atoms with Crippen molar-refractivity contribution in [2.24, 2.45) is 0 Å². The summed E-state index contributed by atoms with van der Waals surface area (Å²) >= 11 is 0. The van der Waals surface area contributed by atoms with Gasteiger partial charge in [-0.25, -0.2) is 4.79 Å². The van der Waals surface area contributed by atoms with Gasteiger partial charge in [-0.1, -0.05) is 0 Å². The van der Waals surface area contributed by atoms with E-state index in [0.29, 0.717) is 24.3 Å². The maximum Gasteiger partial charge on any atom is 0.411 e. The summed E-state index contributed by atoms with van der Waals surface area (Å²) in [6, 6.07) is 6.83. The number of carbonyl (C=O) groups is 2. The minimum atomic E-state index is -0.528. The summed E-state index contributed by atoms with van der Waals surface area (Å²) in [5, 5.41) is 8.59. The van der Waals surface area contributed by atoms with Gasteiger partial charge in [0.25, 0.3) is 0 Å². The summed E-state index contributed by atoms with van der Waals surface area (Å²) in [7, 11) is 1.30. The average molecular weight is 293 g/mol. The van der Waals surface area contributed by atoms with E-state index in [2.05, 4.69) is 41.5 Å². The SMILES string of the molecule is COC(=O)Nc1ccc(NC(=O)CCNC(C)(C)C)cc1. The van der Waals surface area contributed by atoms with Crippen LogP contribution in [0.5, 0.6) is 0 Å². The molecule has 0 aromatic heterocycles. The van der Waals surface area contributed by atoms with Crippen LogP contribution in [0.3, 0.4) is 0 Å². The Labute approximate surface area is 125 Å². The first-order chi connectivity index (χ1) is 9.80. The minimum absolute atomic E-state index is 0.00147. The zero-order valence-corrected chi connectivity index (χ0v) is 12.9. The number of rotatable bonds is 5. The highest BCUT2D eigenvalue weighted by Gasteiger charge is 2.09. The van der Waals surface area contributed by atoms with Crippen molar-refractivity contribution in [3.8, 4) is 0 Å². The van der Waals surface area contributed by atoms with E-state index in [4.69, 9.17) is 0 Å². The highest BCUT2D eigenvalue weighted by molar-refractivity contribution is 5.91. The number of carbonyl (C=O) groups excluding carboxylic acids is 2. The van der Waals surface area contributed by atoms with E-state index in [9.17, 15) is 9.59 Å². The van der Waals surface area contributed by atoms with E-state index in [-0.39, 0.29) is 11.4 Å². The second kappa shape index (κ2) is 7.64. The molecule has 0 aliphatic carbocycles. The Morgan fingerprint density at radius 2 is 1.57 bits per heavy atom. The number of ether oxygens (including phenoxy) is 1. The van der Waals surface area contributed by atoms with Crippen molar-refractivity contribution in [2.45, 2.75) is 32.7 Å². The summed E-state index contributed by atoms with van der Waals surface area (Å²) in [5.74, 6) is -0.0552. The van der Waals surface area contributed by atoms with Crippen molar-refractivity contribution in [3.63, 3.8) is 0 Å². The molecule has 6 nitrogen and oxygen atoms in total. The van der Waals surface area contributed by atoms with Crippen LogP contribution in [0.2, 0.25) is 0 Å². The van der Waals surface area contributed by atoms with Crippen LogP contribution >= 0.6 is 0 Å². The van der Waals surface area contributed by atoms with Gasteiger partial charge in [0.15, 0.2) is 0 Å². The molecule has 0 unspecified atom stereocenters. The van der Waals surface area contributed by atoms with Gasteiger partial charge in [0.1, 0.15) is 0 Å². The van der Waals surface area contributed by atoms with Crippen LogP contribution in [0.1, 0.15) is 27.2 Å². The van der Waals surface area contributed by atoms with Crippen LogP contribution in [0.4, 0.5) is 16.2 Å². The van der Waals surface area contributed by atoms with E-state index >= 15 is 0 Å². The first-order valence-corrected chi connectivity index (χ1v) is 6.80. The van der Waals surface area contributed by atoms with Crippen molar-refractivity contribution in [3.05, 3.63) is 24.3 Å². The van der Waals surface area contributed by atoms with Crippen molar-refractivity contribution in [2.75, 3.05) is 24.3 Å². The quantitative estimate of drug-likeness (QED) is 0.779. The van der Waals surface area contributed by atoms with Gasteiger partial charge in [-0.2, -0.15) is 0 Å². The summed E-state index contributed by atoms with van der Waals surface area (Å²) in [6.45, 7) is 6.78. The van der Waals surface area contributed by atoms with Gasteiger partial charge in [0.05, 0.1) is 7.11 Å². The maximum atomic E-state index is 11.8. The molecular weight excluding hydrogens is 270 g/mol. The summed E-state index contributed by atoms with van der Waals surface area (Å²) in [5.41, 5.74) is 1.29. The van der Waals surface area contributed by atoms with Gasteiger partial charge in [0.2, 0.25) is 5.91 Å². The van der Waals surface area contributed by atoms with E-state index in [1.54, 1.807) is 24.3 Å². The molecule has 0 radical (unpaired) electrons. The molecule has 6 heteroatoms. The van der Waals surface area contributed by atoms with E-state index < -0.39 is 6.09 Å². The molecule has 0 aliphatic heterocycles. The minimum Gasteiger partial charge on any atom is -0.453 e. The normalized spacial score (nSPS) is 10.9. The van der Waals surface area contributed by atoms with Crippen molar-refractivity contribution in [1.82, 2.24) is 5.32 Å². The fourth-order valence-corrected chi connectivity index (χ4v) is 1.58. The first-order valence-electron chi connectivity index (χ1n) is 6.80. The lowest BCUT2D eigenvalue weighted by atomic mass is 10.1. The molecule has 0 saturated heterocycles. The molecule has 1 aromatic carbocycles. The lowest BCUT2D eigenvalue weighted by molar-refractivity contribution is -0.116. The lowest BCUT2D eigenvalue weighted by Crippen LogP contribution is -2.37. The second-order valence-electron chi connectivity index (χ2n) is 5.67. The number of methoxy groups -OCH3 is 1. The lowest BCUT2D eigenvalue weighted by Gasteiger charge is -2.20. The Hall–Kier alpha value is -2.08. The Morgan fingerprint density at radius 1 is 1.05 bits per heavy atom. The number of nitrogens with one attached hydrogen (secondary N) is 3. The third-order valence-corrected chi connectivity index (χ3v) is 2.61. The fourth-order valence-electron chi connectivity index (χ4n) is 1.58. The van der Waals surface area contributed by atoms with Crippen molar-refractivity contribution < 1.29 is 14.3 Å². The summed E-state index contributed by atoms with van der Waals surface area (Å²) in [4.78, 5) is 22.8. The zero-order valence-electron chi connectivity index (χ0n) is 12.9. The molecular formula is C15H23N3O3. The molecule has 1 rings (SSSR count). The van der Waals surface area contributed by atoms with Gasteiger partial charge in [0, 0.05) is 29.9 Å². The largest absolute Gasteiger partial charge is 0.453 e. The fraction of sp³-hybridized carbons (Fsp3) is 0.467. The average Bonchev–Trinajstić information content (AvgIpc) is 2.39. The number of hydrogen-bond acceptors (Lipinski definition) is 4. The van der Waals surface area contributed by atoms with E-state index in [1.807, 2.05) is 0 Å². The molecule has 0 saturated carbocycles. The molecule has 0 bridgehead atoms. The van der Waals surface area contributed by atoms with E-state index in [0.717, 1.165) is 0 Å². The summed E-state index contributed by atoms with van der Waals surface area (Å²) < 4.78 is 4.49. The Bertz CT molecular complexity index is 478. The summed E-state index contributed by atoms with van der Waals surface area (Å²) in [6.07, 6.45) is -0.126. The number of anilines is 2. The molecule has 0 fully saturated rings. The predicted octanol–water partition coefficient (Wildman–Crippen LogP) is 2.58. The predicted molar refractivity (Wildman–Crippen MR) is 83.5 cm³/mol. The molecule has 116 valence electrons. The van der Waals surface area contributed by atoms with Gasteiger partial charge in [-0.05, 0) is 45.0 Å². The van der Waals surface area contributed by atoms with Crippen LogP contribution in [-0.4, -0.2) is 31.2 Å². The number of benzene rings is 1. The molecule has 0 spiro atoms. The molecule has 21 heavy (non-hydrogen) atoms. The monoisotopic (exact) mass is 293 g/mol. The van der Waals surface area contributed by atoms with Crippen LogP contribution in [0, 0.1) is 0 Å². The van der Waals surface area contributed by atoms with Crippen LogP contribution in [-0.2, 0) is 9.53 Å². The number of amides is 2. The van der Waals surface area contributed by atoms with Crippen LogP contribution < -0.4 is 16.0 Å². The Balaban J connectivity index is 2.41. The molecule has 2 amide bonds. The highest BCUT2D eigenvalue weighted by Crippen LogP contribution is 2.14. The van der Waals surface area contributed by atoms with Gasteiger partial charge < -0.3 is 15.4 Å². The standard InChI is InChI=1S/C15H23N3O3/c1-15(2,3)16-10-9-13(19)17-11-5-7-12(8-6-11)18-14(20)21-4/h5-8,16H,9-10H2,1-4H3,(H,17,19)(H,18,20). The van der Waals surface area contributed by atoms with E-state index in [1.165, 1.54) is 7.11 Å². The Morgan fingerprint density at radius 3 is 2.05 bits per heavy atom. The molecule has 0 heterocycles. The first kappa shape index (κ1) is 17.0. The van der Waals surface area contributed by atoms with Crippen LogP contribution in [0.25, 0.3) is 0 Å².